The molecule has 1 amide bonds. The van der Waals surface area contributed by atoms with E-state index in [1.165, 1.54) is 6.07 Å². The second-order valence-electron chi connectivity index (χ2n) is 7.05. The van der Waals surface area contributed by atoms with Gasteiger partial charge in [0.1, 0.15) is 13.2 Å². The number of nitrogens with one attached hydrogen (secondary N) is 1. The summed E-state index contributed by atoms with van der Waals surface area (Å²) in [6, 6.07) is 6.40. The molecule has 2 atom stereocenters. The van der Waals surface area contributed by atoms with Crippen LogP contribution in [0.15, 0.2) is 36.4 Å². The predicted molar refractivity (Wildman–Crippen MR) is 108 cm³/mol. The van der Waals surface area contributed by atoms with Crippen LogP contribution in [0.5, 0.6) is 0 Å². The van der Waals surface area contributed by atoms with Crippen LogP contribution in [0.2, 0.25) is 0 Å². The van der Waals surface area contributed by atoms with Gasteiger partial charge in [0.2, 0.25) is 5.91 Å². The van der Waals surface area contributed by atoms with Crippen LogP contribution in [0.3, 0.4) is 0 Å². The van der Waals surface area contributed by atoms with Crippen molar-refractivity contribution in [3.8, 4) is 5.69 Å². The Hall–Kier alpha value is -3.21. The number of carboxylic acids is 1. The number of carboxylic acid groups (broad SMARTS) is 1. The molecule has 1 aromatic carbocycles. The summed E-state index contributed by atoms with van der Waals surface area (Å²) in [4.78, 5) is 22.4. The van der Waals surface area contributed by atoms with Gasteiger partial charge in [0, 0.05) is 23.2 Å². The second-order valence-corrected chi connectivity index (χ2v) is 7.05. The van der Waals surface area contributed by atoms with E-state index in [0.29, 0.717) is 12.1 Å². The van der Waals surface area contributed by atoms with Crippen molar-refractivity contribution in [1.29, 1.82) is 0 Å². The minimum atomic E-state index is -1.13. The first-order valence-electron chi connectivity index (χ1n) is 9.36. The minimum Gasteiger partial charge on any atom is -0.733 e. The summed E-state index contributed by atoms with van der Waals surface area (Å²) in [6.45, 7) is 2.91. The number of amides is 1. The van der Waals surface area contributed by atoms with Crippen LogP contribution < -0.4 is 10.5 Å². The zero-order valence-electron chi connectivity index (χ0n) is 16.6. The molecule has 0 radical (unpaired) electrons. The second kappa shape index (κ2) is 9.08. The first-order valence-corrected chi connectivity index (χ1v) is 9.36. The van der Waals surface area contributed by atoms with Gasteiger partial charge in [-0.3, -0.25) is 10.0 Å². The van der Waals surface area contributed by atoms with E-state index in [-0.39, 0.29) is 35.4 Å². The van der Waals surface area contributed by atoms with Gasteiger partial charge in [0.15, 0.2) is 0 Å². The molecule has 10 nitrogen and oxygen atoms in total. The number of hydrogen-bond acceptors (Lipinski definition) is 7. The van der Waals surface area contributed by atoms with E-state index in [1.54, 1.807) is 22.9 Å². The number of nitrogens with zero attached hydrogens (tertiary/aromatic N) is 3. The molecule has 0 spiro atoms. The van der Waals surface area contributed by atoms with E-state index >= 15 is 0 Å². The predicted octanol–water partition coefficient (Wildman–Crippen LogP) is 1.81. The molecule has 2 aromatic rings. The summed E-state index contributed by atoms with van der Waals surface area (Å²) in [6.07, 6.45) is 4.49. The van der Waals surface area contributed by atoms with E-state index in [1.807, 2.05) is 26.0 Å². The van der Waals surface area contributed by atoms with Gasteiger partial charge >= 0.3 is 5.97 Å². The summed E-state index contributed by atoms with van der Waals surface area (Å²) < 4.78 is 6.43. The van der Waals surface area contributed by atoms with Gasteiger partial charge in [-0.2, -0.15) is 5.10 Å². The molecule has 1 aliphatic carbocycles. The summed E-state index contributed by atoms with van der Waals surface area (Å²) in [5.41, 5.74) is 3.14. The lowest BCUT2D eigenvalue weighted by Gasteiger charge is -2.24. The number of para-hydroxylation sites is 2. The van der Waals surface area contributed by atoms with E-state index in [2.05, 4.69) is 10.4 Å². The largest absolute Gasteiger partial charge is 0.733 e. The SMILES string of the molecule is Cc1nn(-c2ccccc2N([O-])O)c(C)c1C1C=CC(NC(=O)COCC(=O)O)C1. The molecule has 1 heterocycles. The first kappa shape index (κ1) is 21.5. The Labute approximate surface area is 172 Å². The highest BCUT2D eigenvalue weighted by atomic mass is 16.8. The molecular weight excluding hydrogens is 392 g/mol. The zero-order valence-corrected chi connectivity index (χ0v) is 16.6. The molecule has 0 saturated carbocycles. The van der Waals surface area contributed by atoms with Crippen LogP contribution >= 0.6 is 0 Å². The Balaban J connectivity index is 1.72. The topological polar surface area (TPSA) is 140 Å². The average molecular weight is 415 g/mol. The molecule has 0 saturated heterocycles. The van der Waals surface area contributed by atoms with Gasteiger partial charge in [-0.15, -0.1) is 0 Å². The first-order chi connectivity index (χ1) is 14.3. The van der Waals surface area contributed by atoms with Crippen molar-refractivity contribution in [2.24, 2.45) is 0 Å². The highest BCUT2D eigenvalue weighted by Gasteiger charge is 2.27. The highest BCUT2D eigenvalue weighted by molar-refractivity contribution is 5.78. The maximum absolute atomic E-state index is 11.9. The smallest absolute Gasteiger partial charge is 0.329 e. The minimum absolute atomic E-state index is 0.00799. The number of carbonyl (C=O) groups excluding carboxylic acids is 1. The fourth-order valence-electron chi connectivity index (χ4n) is 3.73. The normalized spacial score (nSPS) is 17.9. The Morgan fingerprint density at radius 3 is 2.73 bits per heavy atom. The van der Waals surface area contributed by atoms with Crippen molar-refractivity contribution in [2.45, 2.75) is 32.2 Å². The number of ether oxygens (including phenoxy) is 1. The van der Waals surface area contributed by atoms with Crippen molar-refractivity contribution in [2.75, 3.05) is 18.4 Å². The lowest BCUT2D eigenvalue weighted by molar-refractivity contribution is -0.143. The summed E-state index contributed by atoms with van der Waals surface area (Å²) in [7, 11) is 0. The standard InChI is InChI=1S/C20H23N4O6/c1-12-20(13(2)23(22-12)16-5-3-4-6-17(16)24(28)29)14-7-8-15(9-14)21-18(25)10-30-11-19(26)27/h3-8,14-15,28H,9-11H2,1-2H3,(H,21,25)(H,26,27)/q-1. The molecule has 1 aliphatic rings. The molecule has 10 heteroatoms. The Morgan fingerprint density at radius 1 is 1.30 bits per heavy atom. The number of benzene rings is 1. The molecule has 3 N–H and O–H groups in total. The van der Waals surface area contributed by atoms with Crippen molar-refractivity contribution >= 4 is 17.6 Å². The van der Waals surface area contributed by atoms with Crippen molar-refractivity contribution in [3.05, 3.63) is 58.6 Å². The fourth-order valence-corrected chi connectivity index (χ4v) is 3.73. The molecule has 0 fully saturated rings. The summed E-state index contributed by atoms with van der Waals surface area (Å²) in [5, 5.41) is 36.6. The Kier molecular flexibility index (Phi) is 6.50. The molecule has 0 aliphatic heterocycles. The van der Waals surface area contributed by atoms with Crippen LogP contribution in [0, 0.1) is 19.1 Å². The van der Waals surface area contributed by atoms with E-state index in [9.17, 15) is 20.0 Å². The quantitative estimate of drug-likeness (QED) is 0.438. The van der Waals surface area contributed by atoms with Crippen LogP contribution in [0.4, 0.5) is 5.69 Å². The van der Waals surface area contributed by atoms with E-state index in [0.717, 1.165) is 17.0 Å². The van der Waals surface area contributed by atoms with Gasteiger partial charge in [0.25, 0.3) is 0 Å². The average Bonchev–Trinajstić information content (AvgIpc) is 3.24. The lowest BCUT2D eigenvalue weighted by atomic mass is 9.96. The van der Waals surface area contributed by atoms with E-state index < -0.39 is 12.6 Å². The van der Waals surface area contributed by atoms with Crippen LogP contribution in [0.25, 0.3) is 5.69 Å². The Bertz CT molecular complexity index is 968. The number of aryl methyl sites for hydroxylation is 1. The molecule has 2 unspecified atom stereocenters. The summed E-state index contributed by atoms with van der Waals surface area (Å²) >= 11 is 0. The van der Waals surface area contributed by atoms with Crippen LogP contribution in [-0.4, -0.2) is 51.2 Å². The maximum atomic E-state index is 11.9. The number of allylic oxidation sites excluding steroid dienone is 1. The molecular formula is C20H23N4O6-. The molecule has 0 bridgehead atoms. The summed E-state index contributed by atoms with van der Waals surface area (Å²) in [5.74, 6) is -1.51. The number of rotatable bonds is 8. The van der Waals surface area contributed by atoms with Crippen LogP contribution in [-0.2, 0) is 14.3 Å². The fraction of sp³-hybridized carbons (Fsp3) is 0.350. The van der Waals surface area contributed by atoms with E-state index in [4.69, 9.17) is 9.84 Å². The van der Waals surface area contributed by atoms with Crippen molar-refractivity contribution in [3.63, 3.8) is 0 Å². The number of hydrogen-bond donors (Lipinski definition) is 3. The van der Waals surface area contributed by atoms with Gasteiger partial charge in [-0.1, -0.05) is 24.3 Å². The molecule has 30 heavy (non-hydrogen) atoms. The highest BCUT2D eigenvalue weighted by Crippen LogP contribution is 2.35. The molecule has 3 rings (SSSR count). The van der Waals surface area contributed by atoms with Gasteiger partial charge < -0.3 is 25.6 Å². The molecule has 1 aromatic heterocycles. The lowest BCUT2D eigenvalue weighted by Crippen LogP contribution is -2.35. The van der Waals surface area contributed by atoms with Crippen LogP contribution in [0.1, 0.15) is 29.3 Å². The number of aliphatic carboxylic acids is 1. The number of aromatic nitrogens is 2. The Morgan fingerprint density at radius 2 is 2.03 bits per heavy atom. The number of carbonyl (C=O) groups is 2. The van der Waals surface area contributed by atoms with Crippen molar-refractivity contribution in [1.82, 2.24) is 15.1 Å². The van der Waals surface area contributed by atoms with Gasteiger partial charge in [0.05, 0.1) is 17.1 Å². The third kappa shape index (κ3) is 4.67. The zero-order chi connectivity index (χ0) is 21.8. The maximum Gasteiger partial charge on any atom is 0.329 e. The third-order valence-electron chi connectivity index (χ3n) is 4.92. The van der Waals surface area contributed by atoms with Gasteiger partial charge in [-0.25, -0.2) is 9.48 Å². The third-order valence-corrected chi connectivity index (χ3v) is 4.92. The monoisotopic (exact) mass is 415 g/mol. The number of anilines is 1. The van der Waals surface area contributed by atoms with Crippen molar-refractivity contribution < 1.29 is 24.6 Å². The van der Waals surface area contributed by atoms with Gasteiger partial charge in [-0.05, 0) is 32.4 Å². The molecule has 160 valence electrons.